The van der Waals surface area contributed by atoms with Crippen molar-refractivity contribution in [2.45, 2.75) is 20.4 Å². The van der Waals surface area contributed by atoms with E-state index in [1.165, 1.54) is 41.7 Å². The van der Waals surface area contributed by atoms with Crippen LogP contribution in [0.3, 0.4) is 0 Å². The van der Waals surface area contributed by atoms with E-state index < -0.39 is 17.1 Å². The van der Waals surface area contributed by atoms with Crippen LogP contribution in [0.2, 0.25) is 5.02 Å². The molecule has 8 nitrogen and oxygen atoms in total. The van der Waals surface area contributed by atoms with Gasteiger partial charge in [-0.1, -0.05) is 11.6 Å². The summed E-state index contributed by atoms with van der Waals surface area (Å²) >= 11 is 5.92. The number of aromatic nitrogens is 5. The van der Waals surface area contributed by atoms with Gasteiger partial charge in [-0.05, 0) is 38.1 Å². The van der Waals surface area contributed by atoms with Crippen molar-refractivity contribution >= 4 is 28.5 Å². The Morgan fingerprint density at radius 2 is 1.84 bits per heavy atom. The van der Waals surface area contributed by atoms with Crippen molar-refractivity contribution < 1.29 is 9.18 Å². The highest BCUT2D eigenvalue weighted by molar-refractivity contribution is 6.30. The number of carbonyl (C=O) groups is 1. The molecule has 0 aliphatic carbocycles. The summed E-state index contributed by atoms with van der Waals surface area (Å²) in [5.74, 6) is -0.755. The molecule has 0 fully saturated rings. The maximum atomic E-state index is 13.6. The van der Waals surface area contributed by atoms with E-state index in [4.69, 9.17) is 11.6 Å². The van der Waals surface area contributed by atoms with E-state index in [0.717, 1.165) is 10.3 Å². The number of nitrogens with zero attached hydrogens (tertiary/aromatic N) is 5. The Bertz CT molecular complexity index is 1490. The average Bonchev–Trinajstić information content (AvgIpc) is 3.27. The third-order valence-electron chi connectivity index (χ3n) is 5.42. The molecule has 3 aromatic heterocycles. The van der Waals surface area contributed by atoms with Gasteiger partial charge in [0.05, 0.1) is 17.9 Å². The largest absolute Gasteiger partial charge is 0.332 e. The van der Waals surface area contributed by atoms with E-state index in [2.05, 4.69) is 4.98 Å². The quantitative estimate of drug-likeness (QED) is 0.454. The smallest absolute Gasteiger partial charge is 0.318 e. The van der Waals surface area contributed by atoms with Crippen molar-refractivity contribution in [2.24, 2.45) is 14.1 Å². The fourth-order valence-corrected chi connectivity index (χ4v) is 4.00. The van der Waals surface area contributed by atoms with Gasteiger partial charge in [-0.3, -0.25) is 18.7 Å². The summed E-state index contributed by atoms with van der Waals surface area (Å²) in [4.78, 5) is 42.0. The Morgan fingerprint density at radius 3 is 2.52 bits per heavy atom. The van der Waals surface area contributed by atoms with Crippen LogP contribution in [0.25, 0.3) is 16.9 Å². The van der Waals surface area contributed by atoms with Gasteiger partial charge in [-0.15, -0.1) is 0 Å². The number of benzene rings is 1. The second-order valence-electron chi connectivity index (χ2n) is 7.39. The van der Waals surface area contributed by atoms with Crippen LogP contribution >= 0.6 is 11.6 Å². The lowest BCUT2D eigenvalue weighted by atomic mass is 10.1. The maximum absolute atomic E-state index is 13.6. The van der Waals surface area contributed by atoms with Crippen molar-refractivity contribution in [2.75, 3.05) is 0 Å². The second-order valence-corrected chi connectivity index (χ2v) is 7.80. The first kappa shape index (κ1) is 20.8. The number of Topliss-reactive ketones (excluding diaryl/α,β-unsaturated/α-hetero) is 1. The van der Waals surface area contributed by atoms with Crippen molar-refractivity contribution in [3.05, 3.63) is 79.2 Å². The molecule has 0 atom stereocenters. The summed E-state index contributed by atoms with van der Waals surface area (Å²) in [7, 11) is 2.90. The highest BCUT2D eigenvalue weighted by Gasteiger charge is 2.20. The van der Waals surface area contributed by atoms with E-state index in [-0.39, 0.29) is 28.5 Å². The molecule has 4 rings (SSSR count). The SMILES string of the molecule is Cc1cc(C(=O)Cn2cnc3c2c(=O)n(C)c(=O)n3C)c(C)n1-c1ccc(F)c(Cl)c1. The van der Waals surface area contributed by atoms with Crippen molar-refractivity contribution in [3.8, 4) is 5.69 Å². The molecule has 10 heteroatoms. The van der Waals surface area contributed by atoms with Crippen LogP contribution in [-0.2, 0) is 20.6 Å². The Labute approximate surface area is 180 Å². The minimum Gasteiger partial charge on any atom is -0.318 e. The highest BCUT2D eigenvalue weighted by Crippen LogP contribution is 2.25. The Hall–Kier alpha value is -3.46. The van der Waals surface area contributed by atoms with Crippen LogP contribution < -0.4 is 11.2 Å². The number of imidazole rings is 1. The maximum Gasteiger partial charge on any atom is 0.332 e. The lowest BCUT2D eigenvalue weighted by Crippen LogP contribution is -2.37. The van der Waals surface area contributed by atoms with Gasteiger partial charge in [-0.25, -0.2) is 14.2 Å². The van der Waals surface area contributed by atoms with Gasteiger partial charge < -0.3 is 9.13 Å². The Morgan fingerprint density at radius 1 is 1.13 bits per heavy atom. The number of hydrogen-bond donors (Lipinski definition) is 0. The third-order valence-corrected chi connectivity index (χ3v) is 5.71. The summed E-state index contributed by atoms with van der Waals surface area (Å²) in [5, 5.41) is -0.00998. The van der Waals surface area contributed by atoms with Crippen LogP contribution in [0.5, 0.6) is 0 Å². The summed E-state index contributed by atoms with van der Waals surface area (Å²) in [5.41, 5.74) is 1.92. The van der Waals surface area contributed by atoms with Crippen LogP contribution in [0, 0.1) is 19.7 Å². The van der Waals surface area contributed by atoms with Gasteiger partial charge in [-0.2, -0.15) is 0 Å². The van der Waals surface area contributed by atoms with Gasteiger partial charge in [0.2, 0.25) is 0 Å². The molecule has 4 aromatic rings. The number of rotatable bonds is 4. The zero-order valence-corrected chi connectivity index (χ0v) is 18.1. The molecule has 0 bridgehead atoms. The second kappa shape index (κ2) is 7.35. The molecule has 31 heavy (non-hydrogen) atoms. The summed E-state index contributed by atoms with van der Waals surface area (Å²) in [6.07, 6.45) is 1.38. The number of aryl methyl sites for hydroxylation is 2. The van der Waals surface area contributed by atoms with Gasteiger partial charge >= 0.3 is 5.69 Å². The third kappa shape index (κ3) is 3.21. The molecular weight excluding hydrogens is 425 g/mol. The molecule has 0 saturated heterocycles. The molecule has 1 aromatic carbocycles. The molecular formula is C21H19ClFN5O3. The number of ketones is 1. The van der Waals surface area contributed by atoms with E-state index in [0.29, 0.717) is 16.9 Å². The number of carbonyl (C=O) groups excluding carboxylic acids is 1. The molecule has 0 aliphatic heterocycles. The van der Waals surface area contributed by atoms with E-state index in [1.807, 2.05) is 11.5 Å². The molecule has 160 valence electrons. The predicted molar refractivity (Wildman–Crippen MR) is 115 cm³/mol. The van der Waals surface area contributed by atoms with Crippen LogP contribution in [0.4, 0.5) is 4.39 Å². The minimum atomic E-state index is -0.521. The fraction of sp³-hybridized carbons (Fsp3) is 0.238. The monoisotopic (exact) mass is 443 g/mol. The van der Waals surface area contributed by atoms with Crippen molar-refractivity contribution in [1.29, 1.82) is 0 Å². The molecule has 0 saturated carbocycles. The molecule has 0 spiro atoms. The van der Waals surface area contributed by atoms with Gasteiger partial charge in [0.25, 0.3) is 5.56 Å². The van der Waals surface area contributed by atoms with Gasteiger partial charge in [0.15, 0.2) is 16.9 Å². The summed E-state index contributed by atoms with van der Waals surface area (Å²) < 4.78 is 19.1. The van der Waals surface area contributed by atoms with Gasteiger partial charge in [0.1, 0.15) is 5.82 Å². The highest BCUT2D eigenvalue weighted by atomic mass is 35.5. The zero-order chi connectivity index (χ0) is 22.6. The van der Waals surface area contributed by atoms with E-state index in [1.54, 1.807) is 19.1 Å². The average molecular weight is 444 g/mol. The molecule has 0 N–H and O–H groups in total. The summed E-state index contributed by atoms with van der Waals surface area (Å²) in [6.45, 7) is 3.49. The minimum absolute atomic E-state index is 0.00998. The summed E-state index contributed by atoms with van der Waals surface area (Å²) in [6, 6.07) is 6.10. The van der Waals surface area contributed by atoms with Crippen LogP contribution in [0.1, 0.15) is 21.7 Å². The first-order valence-corrected chi connectivity index (χ1v) is 9.78. The first-order valence-electron chi connectivity index (χ1n) is 9.40. The van der Waals surface area contributed by atoms with Crippen molar-refractivity contribution in [3.63, 3.8) is 0 Å². The van der Waals surface area contributed by atoms with E-state index >= 15 is 0 Å². The van der Waals surface area contributed by atoms with Crippen molar-refractivity contribution in [1.82, 2.24) is 23.3 Å². The van der Waals surface area contributed by atoms with E-state index in [9.17, 15) is 18.8 Å². The lowest BCUT2D eigenvalue weighted by molar-refractivity contribution is 0.0972. The Balaban J connectivity index is 1.76. The number of halogens is 2. The zero-order valence-electron chi connectivity index (χ0n) is 17.3. The molecule has 3 heterocycles. The van der Waals surface area contributed by atoms with Crippen LogP contribution in [-0.4, -0.2) is 29.0 Å². The molecule has 0 radical (unpaired) electrons. The normalized spacial score (nSPS) is 11.4. The number of fused-ring (bicyclic) bond motifs is 1. The molecule has 0 aliphatic rings. The molecule has 0 unspecified atom stereocenters. The number of hydrogen-bond acceptors (Lipinski definition) is 4. The topological polar surface area (TPSA) is 83.8 Å². The van der Waals surface area contributed by atoms with Crippen LogP contribution in [0.15, 0.2) is 40.2 Å². The molecule has 0 amide bonds. The lowest BCUT2D eigenvalue weighted by Gasteiger charge is -2.11. The Kier molecular flexibility index (Phi) is 4.93. The first-order chi connectivity index (χ1) is 14.6. The van der Waals surface area contributed by atoms with Gasteiger partial charge in [0, 0.05) is 36.7 Å². The fourth-order valence-electron chi connectivity index (χ4n) is 3.82. The predicted octanol–water partition coefficient (Wildman–Crippen LogP) is 2.52. The standard InChI is InChI=1S/C21H19ClFN5O3/c1-11-7-14(12(2)28(11)13-5-6-16(23)15(22)8-13)17(29)9-27-10-24-19-18(27)20(30)26(4)21(31)25(19)3/h5-8,10H,9H2,1-4H3.